The van der Waals surface area contributed by atoms with Crippen molar-refractivity contribution in [3.8, 4) is 10.8 Å². The first-order valence-electron chi connectivity index (χ1n) is 7.37. The minimum atomic E-state index is 0.108. The summed E-state index contributed by atoms with van der Waals surface area (Å²) in [5.74, 6) is 1.55. The summed E-state index contributed by atoms with van der Waals surface area (Å²) in [6.07, 6.45) is 7.46. The topological polar surface area (TPSA) is 69.0 Å². The molecule has 0 N–H and O–H groups in total. The summed E-state index contributed by atoms with van der Waals surface area (Å²) in [4.78, 5) is 15.6. The van der Waals surface area contributed by atoms with Crippen LogP contribution in [0, 0.1) is 0 Å². The zero-order valence-corrected chi connectivity index (χ0v) is 13.5. The van der Waals surface area contributed by atoms with E-state index in [0.717, 1.165) is 22.9 Å². The van der Waals surface area contributed by atoms with Crippen LogP contribution in [0.1, 0.15) is 11.6 Å². The van der Waals surface area contributed by atoms with E-state index in [0.29, 0.717) is 19.0 Å². The number of hydrogen-bond donors (Lipinski definition) is 0. The molecule has 4 rings (SSSR count). The fourth-order valence-electron chi connectivity index (χ4n) is 2.71. The number of aryl methyl sites for hydroxylation is 1. The maximum atomic E-state index is 5.67. The van der Waals surface area contributed by atoms with E-state index in [1.807, 2.05) is 35.6 Å². The highest BCUT2D eigenvalue weighted by atomic mass is 32.1. The third kappa shape index (κ3) is 2.82. The Morgan fingerprint density at radius 3 is 3.04 bits per heavy atom. The summed E-state index contributed by atoms with van der Waals surface area (Å²) in [7, 11) is 1.92. The van der Waals surface area contributed by atoms with Gasteiger partial charge in [-0.05, 0) is 6.07 Å². The van der Waals surface area contributed by atoms with Crippen molar-refractivity contribution in [2.45, 2.75) is 6.04 Å². The van der Waals surface area contributed by atoms with E-state index in [9.17, 15) is 0 Å². The molecule has 1 unspecified atom stereocenters. The third-order valence-corrected chi connectivity index (χ3v) is 4.57. The SMILES string of the molecule is Cn1cc(C2COCCN2c2ccnc(-c3nccs3)n2)cn1. The lowest BCUT2D eigenvalue weighted by molar-refractivity contribution is 0.0937. The summed E-state index contributed by atoms with van der Waals surface area (Å²) in [6.45, 7) is 2.10. The molecule has 3 aromatic rings. The molecule has 1 aliphatic rings. The number of aromatic nitrogens is 5. The second-order valence-corrected chi connectivity index (χ2v) is 6.20. The van der Waals surface area contributed by atoms with Crippen molar-refractivity contribution in [2.75, 3.05) is 24.7 Å². The van der Waals surface area contributed by atoms with Gasteiger partial charge in [-0.3, -0.25) is 4.68 Å². The smallest absolute Gasteiger partial charge is 0.190 e. The van der Waals surface area contributed by atoms with E-state index in [1.54, 1.807) is 12.4 Å². The lowest BCUT2D eigenvalue weighted by atomic mass is 10.1. The van der Waals surface area contributed by atoms with Gasteiger partial charge in [0.2, 0.25) is 0 Å². The number of morpholine rings is 1. The maximum Gasteiger partial charge on any atom is 0.190 e. The zero-order chi connectivity index (χ0) is 15.6. The number of anilines is 1. The Kier molecular flexibility index (Phi) is 3.76. The fourth-order valence-corrected chi connectivity index (χ4v) is 3.29. The predicted molar refractivity (Wildman–Crippen MR) is 87.3 cm³/mol. The number of nitrogens with zero attached hydrogens (tertiary/aromatic N) is 6. The molecule has 1 fully saturated rings. The Morgan fingerprint density at radius 1 is 1.30 bits per heavy atom. The van der Waals surface area contributed by atoms with Gasteiger partial charge in [0, 0.05) is 43.1 Å². The highest BCUT2D eigenvalue weighted by Gasteiger charge is 2.27. The van der Waals surface area contributed by atoms with E-state index in [4.69, 9.17) is 9.72 Å². The summed E-state index contributed by atoms with van der Waals surface area (Å²) in [5, 5.41) is 7.03. The number of ether oxygens (including phenoxy) is 1. The monoisotopic (exact) mass is 328 g/mol. The van der Waals surface area contributed by atoms with Gasteiger partial charge in [-0.2, -0.15) is 5.10 Å². The van der Waals surface area contributed by atoms with Crippen LogP contribution >= 0.6 is 11.3 Å². The number of thiazole rings is 1. The molecular weight excluding hydrogens is 312 g/mol. The van der Waals surface area contributed by atoms with Gasteiger partial charge in [-0.1, -0.05) is 0 Å². The van der Waals surface area contributed by atoms with Crippen LogP contribution in [-0.2, 0) is 11.8 Å². The lowest BCUT2D eigenvalue weighted by Gasteiger charge is -2.36. The number of hydrogen-bond acceptors (Lipinski definition) is 7. The van der Waals surface area contributed by atoms with Gasteiger partial charge in [0.05, 0.1) is 25.5 Å². The summed E-state index contributed by atoms with van der Waals surface area (Å²) in [6, 6.07) is 2.04. The van der Waals surface area contributed by atoms with E-state index in [2.05, 4.69) is 20.0 Å². The van der Waals surface area contributed by atoms with E-state index in [-0.39, 0.29) is 6.04 Å². The summed E-state index contributed by atoms with van der Waals surface area (Å²) < 4.78 is 7.48. The zero-order valence-electron chi connectivity index (χ0n) is 12.7. The van der Waals surface area contributed by atoms with Crippen molar-refractivity contribution in [3.05, 3.63) is 41.8 Å². The average Bonchev–Trinajstić information content (AvgIpc) is 3.27. The van der Waals surface area contributed by atoms with Crippen LogP contribution in [0.4, 0.5) is 5.82 Å². The molecule has 0 aliphatic carbocycles. The van der Waals surface area contributed by atoms with Gasteiger partial charge in [0.1, 0.15) is 5.82 Å². The standard InChI is InChI=1S/C15H16N6OS/c1-20-9-11(8-18-20)12-10-22-6-5-21(12)13-2-3-16-14(19-13)15-17-4-7-23-15/h2-4,7-9,12H,5-6,10H2,1H3. The molecule has 0 radical (unpaired) electrons. The second-order valence-electron chi connectivity index (χ2n) is 5.31. The molecule has 8 heteroatoms. The minimum Gasteiger partial charge on any atom is -0.377 e. The second kappa shape index (κ2) is 6.05. The molecule has 118 valence electrons. The largest absolute Gasteiger partial charge is 0.377 e. The van der Waals surface area contributed by atoms with Gasteiger partial charge in [-0.15, -0.1) is 11.3 Å². The minimum absolute atomic E-state index is 0.108. The van der Waals surface area contributed by atoms with Crippen LogP contribution in [0.2, 0.25) is 0 Å². The first-order chi connectivity index (χ1) is 11.3. The molecule has 0 spiro atoms. The average molecular weight is 328 g/mol. The van der Waals surface area contributed by atoms with Crippen molar-refractivity contribution < 1.29 is 4.74 Å². The van der Waals surface area contributed by atoms with Crippen LogP contribution in [-0.4, -0.2) is 44.5 Å². The first-order valence-corrected chi connectivity index (χ1v) is 8.25. The predicted octanol–water partition coefficient (Wildman–Crippen LogP) is 1.91. The van der Waals surface area contributed by atoms with E-state index >= 15 is 0 Å². The van der Waals surface area contributed by atoms with Crippen LogP contribution in [0.3, 0.4) is 0 Å². The Morgan fingerprint density at radius 2 is 2.26 bits per heavy atom. The Bertz CT molecular complexity index is 787. The molecule has 1 aliphatic heterocycles. The van der Waals surface area contributed by atoms with Gasteiger partial charge >= 0.3 is 0 Å². The Hall–Kier alpha value is -2.32. The van der Waals surface area contributed by atoms with Crippen LogP contribution in [0.5, 0.6) is 0 Å². The Balaban J connectivity index is 1.68. The van der Waals surface area contributed by atoms with Crippen molar-refractivity contribution in [1.29, 1.82) is 0 Å². The molecule has 1 atom stereocenters. The normalized spacial score (nSPS) is 18.3. The summed E-state index contributed by atoms with van der Waals surface area (Å²) in [5.41, 5.74) is 1.13. The van der Waals surface area contributed by atoms with Gasteiger partial charge < -0.3 is 9.64 Å². The van der Waals surface area contributed by atoms with E-state index < -0.39 is 0 Å². The van der Waals surface area contributed by atoms with Crippen LogP contribution < -0.4 is 4.90 Å². The quantitative estimate of drug-likeness (QED) is 0.731. The van der Waals surface area contributed by atoms with Crippen molar-refractivity contribution in [2.24, 2.45) is 7.05 Å². The molecule has 0 saturated carbocycles. The molecule has 0 bridgehead atoms. The van der Waals surface area contributed by atoms with Gasteiger partial charge in [0.15, 0.2) is 10.8 Å². The van der Waals surface area contributed by atoms with Gasteiger partial charge in [-0.25, -0.2) is 15.0 Å². The van der Waals surface area contributed by atoms with E-state index in [1.165, 1.54) is 11.3 Å². The molecule has 4 heterocycles. The fraction of sp³-hybridized carbons (Fsp3) is 0.333. The summed E-state index contributed by atoms with van der Waals surface area (Å²) >= 11 is 1.54. The third-order valence-electron chi connectivity index (χ3n) is 3.80. The van der Waals surface area contributed by atoms with Crippen molar-refractivity contribution in [1.82, 2.24) is 24.7 Å². The van der Waals surface area contributed by atoms with Crippen LogP contribution in [0.15, 0.2) is 36.2 Å². The molecule has 1 saturated heterocycles. The lowest BCUT2D eigenvalue weighted by Crippen LogP contribution is -2.40. The molecular formula is C15H16N6OS. The van der Waals surface area contributed by atoms with Crippen molar-refractivity contribution >= 4 is 17.2 Å². The molecule has 0 aromatic carbocycles. The number of rotatable bonds is 3. The molecule has 23 heavy (non-hydrogen) atoms. The highest BCUT2D eigenvalue weighted by molar-refractivity contribution is 7.12. The van der Waals surface area contributed by atoms with Gasteiger partial charge in [0.25, 0.3) is 0 Å². The molecule has 7 nitrogen and oxygen atoms in total. The Labute approximate surface area is 137 Å². The first kappa shape index (κ1) is 14.3. The maximum absolute atomic E-state index is 5.67. The molecule has 0 amide bonds. The highest BCUT2D eigenvalue weighted by Crippen LogP contribution is 2.29. The van der Waals surface area contributed by atoms with Crippen LogP contribution in [0.25, 0.3) is 10.8 Å². The van der Waals surface area contributed by atoms with Crippen molar-refractivity contribution in [3.63, 3.8) is 0 Å². The molecule has 3 aromatic heterocycles.